The molecular formula is C14H19ClF4N2O. The number of phenols is 1. The van der Waals surface area contributed by atoms with Gasteiger partial charge in [-0.3, -0.25) is 4.90 Å². The average molecular weight is 343 g/mol. The van der Waals surface area contributed by atoms with E-state index in [-0.39, 0.29) is 18.8 Å². The molecule has 1 aliphatic rings. The summed E-state index contributed by atoms with van der Waals surface area (Å²) in [6, 6.07) is 3.30. The van der Waals surface area contributed by atoms with E-state index in [0.717, 1.165) is 6.07 Å². The number of alkyl halides is 3. The highest BCUT2D eigenvalue weighted by Crippen LogP contribution is 2.33. The van der Waals surface area contributed by atoms with Crippen molar-refractivity contribution in [1.29, 1.82) is 0 Å². The van der Waals surface area contributed by atoms with Crippen LogP contribution in [0, 0.1) is 5.82 Å². The highest BCUT2D eigenvalue weighted by molar-refractivity contribution is 5.85. The molecule has 0 spiro atoms. The molecule has 1 fully saturated rings. The standard InChI is InChI=1S/C14H18F4N2O.ClH/c15-11-9-10(1-2-13(11)21)12(3-4-14(16,17)18)20-7-5-19-6-8-20;/h1-2,9,12,19,21H,3-8H2;1H/t12-;/m1./s1. The molecule has 0 aliphatic carbocycles. The summed E-state index contributed by atoms with van der Waals surface area (Å²) in [6.45, 7) is 2.63. The first-order valence-electron chi connectivity index (χ1n) is 6.87. The second-order valence-corrected chi connectivity index (χ2v) is 5.17. The molecule has 3 nitrogen and oxygen atoms in total. The van der Waals surface area contributed by atoms with Gasteiger partial charge in [-0.1, -0.05) is 6.07 Å². The number of phenolic OH excluding ortho intramolecular Hbond substituents is 1. The molecule has 1 saturated heterocycles. The molecule has 2 rings (SSSR count). The maximum atomic E-state index is 13.5. The third-order valence-corrected chi connectivity index (χ3v) is 3.65. The zero-order chi connectivity index (χ0) is 15.5. The molecule has 1 heterocycles. The van der Waals surface area contributed by atoms with E-state index in [1.165, 1.54) is 12.1 Å². The first-order chi connectivity index (χ1) is 9.87. The van der Waals surface area contributed by atoms with E-state index >= 15 is 0 Å². The van der Waals surface area contributed by atoms with Crippen LogP contribution < -0.4 is 5.32 Å². The van der Waals surface area contributed by atoms with Crippen LogP contribution in [0.2, 0.25) is 0 Å². The highest BCUT2D eigenvalue weighted by atomic mass is 35.5. The zero-order valence-electron chi connectivity index (χ0n) is 11.9. The topological polar surface area (TPSA) is 35.5 Å². The van der Waals surface area contributed by atoms with E-state index in [1.54, 1.807) is 0 Å². The third-order valence-electron chi connectivity index (χ3n) is 3.65. The Morgan fingerprint density at radius 1 is 1.23 bits per heavy atom. The molecule has 0 unspecified atom stereocenters. The number of aromatic hydroxyl groups is 1. The molecule has 0 saturated carbocycles. The molecule has 0 aromatic heterocycles. The second kappa shape index (κ2) is 7.99. The summed E-state index contributed by atoms with van der Waals surface area (Å²) in [7, 11) is 0. The molecule has 1 aliphatic heterocycles. The van der Waals surface area contributed by atoms with Crippen molar-refractivity contribution < 1.29 is 22.7 Å². The van der Waals surface area contributed by atoms with Gasteiger partial charge < -0.3 is 10.4 Å². The van der Waals surface area contributed by atoms with Crippen molar-refractivity contribution in [3.05, 3.63) is 29.6 Å². The summed E-state index contributed by atoms with van der Waals surface area (Å²) in [5, 5.41) is 12.4. The van der Waals surface area contributed by atoms with Crippen LogP contribution in [0.4, 0.5) is 17.6 Å². The summed E-state index contributed by atoms with van der Waals surface area (Å²) in [5.41, 5.74) is 0.469. The van der Waals surface area contributed by atoms with Gasteiger partial charge in [-0.25, -0.2) is 4.39 Å². The molecule has 1 aromatic rings. The maximum absolute atomic E-state index is 13.5. The first kappa shape index (κ1) is 19.0. The third kappa shape index (κ3) is 5.30. The van der Waals surface area contributed by atoms with Crippen molar-refractivity contribution in [2.24, 2.45) is 0 Å². The van der Waals surface area contributed by atoms with Gasteiger partial charge >= 0.3 is 6.18 Å². The number of rotatable bonds is 4. The quantitative estimate of drug-likeness (QED) is 0.825. The summed E-state index contributed by atoms with van der Waals surface area (Å²) in [6.07, 6.45) is -5.26. The van der Waals surface area contributed by atoms with Gasteiger partial charge in [-0.2, -0.15) is 13.2 Å². The Morgan fingerprint density at radius 2 is 1.86 bits per heavy atom. The molecule has 0 bridgehead atoms. The number of halogens is 5. The number of nitrogens with zero attached hydrogens (tertiary/aromatic N) is 1. The molecule has 2 N–H and O–H groups in total. The van der Waals surface area contributed by atoms with Gasteiger partial charge in [-0.05, 0) is 24.1 Å². The molecule has 0 amide bonds. The lowest BCUT2D eigenvalue weighted by atomic mass is 9.99. The number of nitrogens with one attached hydrogen (secondary N) is 1. The van der Waals surface area contributed by atoms with Crippen molar-refractivity contribution in [1.82, 2.24) is 10.2 Å². The fourth-order valence-corrected chi connectivity index (χ4v) is 2.58. The lowest BCUT2D eigenvalue weighted by Gasteiger charge is -2.35. The monoisotopic (exact) mass is 342 g/mol. The van der Waals surface area contributed by atoms with Crippen LogP contribution in [-0.4, -0.2) is 42.4 Å². The smallest absolute Gasteiger partial charge is 0.389 e. The Labute approximate surface area is 132 Å². The Hall–Kier alpha value is -1.05. The van der Waals surface area contributed by atoms with Crippen LogP contribution in [0.1, 0.15) is 24.4 Å². The number of hydrogen-bond donors (Lipinski definition) is 2. The lowest BCUT2D eigenvalue weighted by Crippen LogP contribution is -2.45. The summed E-state index contributed by atoms with van der Waals surface area (Å²) < 4.78 is 51.0. The van der Waals surface area contributed by atoms with E-state index < -0.39 is 30.2 Å². The predicted molar refractivity (Wildman–Crippen MR) is 77.8 cm³/mol. The van der Waals surface area contributed by atoms with Crippen LogP contribution in [0.5, 0.6) is 5.75 Å². The maximum Gasteiger partial charge on any atom is 0.389 e. The first-order valence-corrected chi connectivity index (χ1v) is 6.87. The van der Waals surface area contributed by atoms with E-state index in [0.29, 0.717) is 31.7 Å². The number of benzene rings is 1. The van der Waals surface area contributed by atoms with Gasteiger partial charge in [0.05, 0.1) is 0 Å². The Kier molecular flexibility index (Phi) is 6.90. The van der Waals surface area contributed by atoms with Crippen LogP contribution in [-0.2, 0) is 0 Å². The van der Waals surface area contributed by atoms with Crippen LogP contribution >= 0.6 is 12.4 Å². The van der Waals surface area contributed by atoms with Crippen molar-refractivity contribution in [2.75, 3.05) is 26.2 Å². The van der Waals surface area contributed by atoms with E-state index in [2.05, 4.69) is 5.32 Å². The molecule has 1 atom stereocenters. The number of piperazine rings is 1. The Balaban J connectivity index is 0.00000242. The van der Waals surface area contributed by atoms with Crippen molar-refractivity contribution in [3.63, 3.8) is 0 Å². The normalized spacial score (nSPS) is 17.8. The Morgan fingerprint density at radius 3 is 2.41 bits per heavy atom. The highest BCUT2D eigenvalue weighted by Gasteiger charge is 2.31. The summed E-state index contributed by atoms with van der Waals surface area (Å²) in [4.78, 5) is 1.92. The minimum atomic E-state index is -4.23. The van der Waals surface area contributed by atoms with Crippen molar-refractivity contribution in [3.8, 4) is 5.75 Å². The minimum absolute atomic E-state index is 0. The van der Waals surface area contributed by atoms with Gasteiger partial charge in [0, 0.05) is 38.6 Å². The van der Waals surface area contributed by atoms with Gasteiger partial charge in [0.25, 0.3) is 0 Å². The SMILES string of the molecule is Cl.Oc1ccc([C@@H](CCC(F)(F)F)N2CCNCC2)cc1F. The molecule has 22 heavy (non-hydrogen) atoms. The van der Waals surface area contributed by atoms with Crippen LogP contribution in [0.3, 0.4) is 0 Å². The Bertz CT molecular complexity index is 478. The molecule has 126 valence electrons. The summed E-state index contributed by atoms with van der Waals surface area (Å²) >= 11 is 0. The van der Waals surface area contributed by atoms with Gasteiger partial charge in [0.15, 0.2) is 11.6 Å². The van der Waals surface area contributed by atoms with E-state index in [4.69, 9.17) is 0 Å². The largest absolute Gasteiger partial charge is 0.505 e. The molecule has 0 radical (unpaired) electrons. The fraction of sp³-hybridized carbons (Fsp3) is 0.571. The number of hydrogen-bond acceptors (Lipinski definition) is 3. The predicted octanol–water partition coefficient (Wildman–Crippen LogP) is 3.24. The minimum Gasteiger partial charge on any atom is -0.505 e. The van der Waals surface area contributed by atoms with E-state index in [1.807, 2.05) is 4.90 Å². The van der Waals surface area contributed by atoms with Crippen LogP contribution in [0.25, 0.3) is 0 Å². The van der Waals surface area contributed by atoms with Crippen molar-refractivity contribution in [2.45, 2.75) is 25.1 Å². The van der Waals surface area contributed by atoms with Crippen LogP contribution in [0.15, 0.2) is 18.2 Å². The molecular weight excluding hydrogens is 324 g/mol. The lowest BCUT2D eigenvalue weighted by molar-refractivity contribution is -0.138. The fourth-order valence-electron chi connectivity index (χ4n) is 2.58. The second-order valence-electron chi connectivity index (χ2n) is 5.17. The zero-order valence-corrected chi connectivity index (χ0v) is 12.7. The van der Waals surface area contributed by atoms with E-state index in [9.17, 15) is 22.7 Å². The van der Waals surface area contributed by atoms with Crippen molar-refractivity contribution >= 4 is 12.4 Å². The average Bonchev–Trinajstić information content (AvgIpc) is 2.43. The molecule has 8 heteroatoms. The molecule has 1 aromatic carbocycles. The van der Waals surface area contributed by atoms with Gasteiger partial charge in [0.1, 0.15) is 0 Å². The summed E-state index contributed by atoms with van der Waals surface area (Å²) in [5.74, 6) is -1.30. The van der Waals surface area contributed by atoms with Gasteiger partial charge in [-0.15, -0.1) is 12.4 Å². The van der Waals surface area contributed by atoms with Gasteiger partial charge in [0.2, 0.25) is 0 Å².